The van der Waals surface area contributed by atoms with Crippen LogP contribution in [0, 0.1) is 0 Å². The first-order chi connectivity index (χ1) is 14.1. The van der Waals surface area contributed by atoms with Gasteiger partial charge in [-0.1, -0.05) is 11.2 Å². The number of aromatic amines is 1. The lowest BCUT2D eigenvalue weighted by molar-refractivity contribution is 0.0900. The predicted molar refractivity (Wildman–Crippen MR) is 103 cm³/mol. The van der Waals surface area contributed by atoms with Gasteiger partial charge in [-0.3, -0.25) is 14.4 Å². The van der Waals surface area contributed by atoms with Crippen LogP contribution in [-0.4, -0.2) is 60.3 Å². The molecule has 4 rings (SSSR count). The summed E-state index contributed by atoms with van der Waals surface area (Å²) in [5.41, 5.74) is -0.0972. The number of morpholine rings is 1. The van der Waals surface area contributed by atoms with E-state index in [0.717, 1.165) is 12.8 Å². The van der Waals surface area contributed by atoms with Crippen LogP contribution in [0.5, 0.6) is 0 Å². The van der Waals surface area contributed by atoms with E-state index in [0.29, 0.717) is 38.5 Å². The Morgan fingerprint density at radius 1 is 1.10 bits per heavy atom. The second-order valence-corrected chi connectivity index (χ2v) is 7.23. The lowest BCUT2D eigenvalue weighted by Crippen LogP contribution is -2.37. The van der Waals surface area contributed by atoms with Gasteiger partial charge < -0.3 is 29.8 Å². The van der Waals surface area contributed by atoms with Crippen molar-refractivity contribution in [1.82, 2.24) is 20.8 Å². The number of H-pyrrole nitrogens is 1. The van der Waals surface area contributed by atoms with Crippen molar-refractivity contribution in [3.8, 4) is 0 Å². The van der Waals surface area contributed by atoms with E-state index in [1.165, 1.54) is 12.1 Å². The summed E-state index contributed by atoms with van der Waals surface area (Å²) in [6, 6.07) is 5.94. The third-order valence-electron chi connectivity index (χ3n) is 5.17. The van der Waals surface area contributed by atoms with Gasteiger partial charge in [-0.15, -0.1) is 0 Å². The number of rotatable bonds is 5. The number of hydrogen-bond acceptors (Lipinski definition) is 7. The fourth-order valence-corrected chi connectivity index (χ4v) is 3.66. The minimum atomic E-state index is -0.329. The fraction of sp³-hybridized carbons (Fsp3) is 0.474. The van der Waals surface area contributed by atoms with Gasteiger partial charge in [0.25, 0.3) is 11.8 Å². The molecule has 3 heterocycles. The molecule has 0 bridgehead atoms. The summed E-state index contributed by atoms with van der Waals surface area (Å²) in [6.07, 6.45) is 2.09. The van der Waals surface area contributed by atoms with Gasteiger partial charge in [-0.05, 0) is 25.3 Å². The summed E-state index contributed by atoms with van der Waals surface area (Å²) in [4.78, 5) is 40.6. The molecule has 2 aromatic heterocycles. The number of nitrogens with zero attached hydrogens (tertiary/aromatic N) is 2. The van der Waals surface area contributed by atoms with E-state index in [-0.39, 0.29) is 40.9 Å². The van der Waals surface area contributed by atoms with Gasteiger partial charge in [0.1, 0.15) is 5.69 Å². The molecule has 10 nitrogen and oxygen atoms in total. The van der Waals surface area contributed by atoms with Crippen LogP contribution < -0.4 is 21.1 Å². The van der Waals surface area contributed by atoms with Gasteiger partial charge in [0, 0.05) is 37.3 Å². The van der Waals surface area contributed by atoms with Crippen LogP contribution in [0.15, 0.2) is 33.6 Å². The lowest BCUT2D eigenvalue weighted by atomic mass is 10.2. The minimum absolute atomic E-state index is 0.0699. The first kappa shape index (κ1) is 19.2. The minimum Gasteiger partial charge on any atom is -0.378 e. The predicted octanol–water partition coefficient (Wildman–Crippen LogP) is 0.280. The van der Waals surface area contributed by atoms with Crippen LogP contribution in [0.3, 0.4) is 0 Å². The standard InChI is InChI=1S/C19H23N5O5/c25-17-3-1-2-14(22-17)18(26)20-12-4-5-13(10-12)21-19(27)15-11-16(23-29-15)24-6-8-28-9-7-24/h1-3,11-13H,4-10H2,(H,20,26)(H,21,27)(H,22,25)/t12-,13+/m0/s1. The van der Waals surface area contributed by atoms with Gasteiger partial charge in [-0.25, -0.2) is 0 Å². The molecule has 2 aliphatic rings. The van der Waals surface area contributed by atoms with E-state index in [1.807, 2.05) is 4.90 Å². The van der Waals surface area contributed by atoms with Crippen molar-refractivity contribution in [2.24, 2.45) is 0 Å². The molecule has 154 valence electrons. The molecule has 0 unspecified atom stereocenters. The Hall–Kier alpha value is -3.14. The van der Waals surface area contributed by atoms with Gasteiger partial charge in [-0.2, -0.15) is 0 Å². The van der Waals surface area contributed by atoms with Crippen molar-refractivity contribution in [3.05, 3.63) is 46.1 Å². The molecule has 0 radical (unpaired) electrons. The molecule has 2 amide bonds. The molecule has 1 aliphatic carbocycles. The second-order valence-electron chi connectivity index (χ2n) is 7.23. The Kier molecular flexibility index (Phi) is 5.61. The van der Waals surface area contributed by atoms with E-state index in [9.17, 15) is 14.4 Å². The third-order valence-corrected chi connectivity index (χ3v) is 5.17. The molecule has 10 heteroatoms. The number of carbonyl (C=O) groups is 2. The summed E-state index contributed by atoms with van der Waals surface area (Å²) >= 11 is 0. The summed E-state index contributed by atoms with van der Waals surface area (Å²) in [6.45, 7) is 2.68. The molecular formula is C19H23N5O5. The van der Waals surface area contributed by atoms with Crippen molar-refractivity contribution in [3.63, 3.8) is 0 Å². The first-order valence-electron chi connectivity index (χ1n) is 9.69. The third kappa shape index (κ3) is 4.65. The maximum atomic E-state index is 12.5. The fourth-order valence-electron chi connectivity index (χ4n) is 3.66. The largest absolute Gasteiger partial charge is 0.378 e. The average Bonchev–Trinajstić information content (AvgIpc) is 3.38. The number of amides is 2. The van der Waals surface area contributed by atoms with Crippen LogP contribution in [-0.2, 0) is 4.74 Å². The van der Waals surface area contributed by atoms with Crippen molar-refractivity contribution < 1.29 is 18.8 Å². The van der Waals surface area contributed by atoms with Crippen LogP contribution in [0.2, 0.25) is 0 Å². The lowest BCUT2D eigenvalue weighted by Gasteiger charge is -2.25. The summed E-state index contributed by atoms with van der Waals surface area (Å²) in [5, 5.41) is 9.82. The Morgan fingerprint density at radius 2 is 1.83 bits per heavy atom. The number of anilines is 1. The topological polar surface area (TPSA) is 130 Å². The molecule has 1 saturated heterocycles. The molecule has 1 aliphatic heterocycles. The molecule has 2 aromatic rings. The van der Waals surface area contributed by atoms with E-state index >= 15 is 0 Å². The van der Waals surface area contributed by atoms with Crippen LogP contribution in [0.1, 0.15) is 40.3 Å². The highest BCUT2D eigenvalue weighted by Crippen LogP contribution is 2.21. The maximum Gasteiger partial charge on any atom is 0.290 e. The van der Waals surface area contributed by atoms with Crippen LogP contribution in [0.25, 0.3) is 0 Å². The first-order valence-corrected chi connectivity index (χ1v) is 9.69. The highest BCUT2D eigenvalue weighted by molar-refractivity contribution is 5.93. The zero-order valence-corrected chi connectivity index (χ0v) is 15.8. The smallest absolute Gasteiger partial charge is 0.290 e. The quantitative estimate of drug-likeness (QED) is 0.656. The molecular weight excluding hydrogens is 378 g/mol. The van der Waals surface area contributed by atoms with Crippen LogP contribution >= 0.6 is 0 Å². The molecule has 1 saturated carbocycles. The zero-order chi connectivity index (χ0) is 20.2. The number of aromatic nitrogens is 2. The molecule has 29 heavy (non-hydrogen) atoms. The normalized spacial score (nSPS) is 21.7. The van der Waals surface area contributed by atoms with E-state index in [4.69, 9.17) is 9.26 Å². The highest BCUT2D eigenvalue weighted by atomic mass is 16.5. The highest BCUT2D eigenvalue weighted by Gasteiger charge is 2.29. The number of nitrogens with one attached hydrogen (secondary N) is 3. The monoisotopic (exact) mass is 401 g/mol. The molecule has 2 fully saturated rings. The van der Waals surface area contributed by atoms with E-state index in [1.54, 1.807) is 12.1 Å². The molecule has 0 spiro atoms. The zero-order valence-electron chi connectivity index (χ0n) is 15.8. The SMILES string of the molecule is O=C(N[C@H]1CC[C@@H](NC(=O)c2cc(N3CCOCC3)no2)C1)c1cccc(=O)[nH]1. The summed E-state index contributed by atoms with van der Waals surface area (Å²) < 4.78 is 10.5. The van der Waals surface area contributed by atoms with Crippen LogP contribution in [0.4, 0.5) is 5.82 Å². The molecule has 3 N–H and O–H groups in total. The van der Waals surface area contributed by atoms with Gasteiger partial charge in [0.15, 0.2) is 5.82 Å². The van der Waals surface area contributed by atoms with Gasteiger partial charge >= 0.3 is 0 Å². The Bertz CT molecular complexity index is 933. The van der Waals surface area contributed by atoms with Gasteiger partial charge in [0.2, 0.25) is 11.3 Å². The maximum absolute atomic E-state index is 12.5. The summed E-state index contributed by atoms with van der Waals surface area (Å²) in [7, 11) is 0. The van der Waals surface area contributed by atoms with E-state index in [2.05, 4.69) is 20.8 Å². The van der Waals surface area contributed by atoms with Crippen molar-refractivity contribution in [1.29, 1.82) is 0 Å². The second kappa shape index (κ2) is 8.48. The van der Waals surface area contributed by atoms with Crippen molar-refractivity contribution in [2.45, 2.75) is 31.3 Å². The van der Waals surface area contributed by atoms with E-state index < -0.39 is 0 Å². The Balaban J connectivity index is 1.28. The molecule has 2 atom stereocenters. The molecule has 0 aromatic carbocycles. The number of hydrogen-bond donors (Lipinski definition) is 3. The Labute approximate surface area is 166 Å². The Morgan fingerprint density at radius 3 is 2.55 bits per heavy atom. The van der Waals surface area contributed by atoms with Crippen molar-refractivity contribution in [2.75, 3.05) is 31.2 Å². The van der Waals surface area contributed by atoms with Gasteiger partial charge in [0.05, 0.1) is 13.2 Å². The number of ether oxygens (including phenoxy) is 1. The summed E-state index contributed by atoms with van der Waals surface area (Å²) in [5.74, 6) is 0.152. The number of carbonyl (C=O) groups excluding carboxylic acids is 2. The number of pyridine rings is 1. The van der Waals surface area contributed by atoms with Crippen molar-refractivity contribution >= 4 is 17.6 Å². The average molecular weight is 401 g/mol.